The summed E-state index contributed by atoms with van der Waals surface area (Å²) >= 11 is 9.61. The van der Waals surface area contributed by atoms with E-state index in [1.807, 2.05) is 0 Å². The first-order valence-electron chi connectivity index (χ1n) is 7.74. The molecule has 4 rings (SSSR count). The summed E-state index contributed by atoms with van der Waals surface area (Å²) in [7, 11) is 0. The Morgan fingerprint density at radius 3 is 3.00 bits per heavy atom. The summed E-state index contributed by atoms with van der Waals surface area (Å²) in [5, 5.41) is 0. The van der Waals surface area contributed by atoms with Gasteiger partial charge in [0.05, 0.1) is 17.1 Å². The van der Waals surface area contributed by atoms with Gasteiger partial charge >= 0.3 is 0 Å². The molecule has 2 fully saturated rings. The molecule has 2 aliphatic rings. The van der Waals surface area contributed by atoms with Crippen molar-refractivity contribution in [1.82, 2.24) is 14.5 Å². The van der Waals surface area contributed by atoms with Crippen molar-refractivity contribution in [2.75, 3.05) is 19.0 Å². The minimum absolute atomic E-state index is 0.560. The van der Waals surface area contributed by atoms with E-state index >= 15 is 0 Å². The molecule has 5 heteroatoms. The summed E-state index contributed by atoms with van der Waals surface area (Å²) in [6, 6.07) is 7.63. The molecule has 1 aromatic carbocycles. The third-order valence-electron chi connectivity index (χ3n) is 4.94. The van der Waals surface area contributed by atoms with Crippen molar-refractivity contribution >= 4 is 38.6 Å². The van der Waals surface area contributed by atoms with Gasteiger partial charge in [-0.15, -0.1) is 11.6 Å². The van der Waals surface area contributed by atoms with Crippen molar-refractivity contribution in [2.45, 2.75) is 37.8 Å². The van der Waals surface area contributed by atoms with Crippen LogP contribution < -0.4 is 0 Å². The molecule has 21 heavy (non-hydrogen) atoms. The minimum Gasteiger partial charge on any atom is -0.323 e. The average molecular weight is 369 g/mol. The lowest BCUT2D eigenvalue weighted by molar-refractivity contribution is 0.290. The molecule has 2 saturated heterocycles. The van der Waals surface area contributed by atoms with E-state index in [1.165, 1.54) is 37.9 Å². The number of hydrogen-bond acceptors (Lipinski definition) is 2. The predicted molar refractivity (Wildman–Crippen MR) is 90.1 cm³/mol. The van der Waals surface area contributed by atoms with Gasteiger partial charge in [-0.1, -0.05) is 15.9 Å². The maximum Gasteiger partial charge on any atom is 0.111 e. The molecule has 1 aromatic heterocycles. The summed E-state index contributed by atoms with van der Waals surface area (Å²) in [6.07, 6.45) is 4.73. The van der Waals surface area contributed by atoms with E-state index in [1.54, 1.807) is 0 Å². The number of rotatable bonds is 3. The van der Waals surface area contributed by atoms with Crippen LogP contribution in [0, 0.1) is 0 Å². The maximum atomic E-state index is 6.01. The van der Waals surface area contributed by atoms with Gasteiger partial charge in [0.25, 0.3) is 0 Å². The second-order valence-electron chi connectivity index (χ2n) is 6.07. The summed E-state index contributed by atoms with van der Waals surface area (Å²) in [5.74, 6) is 1.78. The van der Waals surface area contributed by atoms with Crippen LogP contribution in [0.4, 0.5) is 0 Å². The first kappa shape index (κ1) is 14.0. The fourth-order valence-corrected chi connectivity index (χ4v) is 4.62. The Labute approximate surface area is 138 Å². The molecule has 2 aromatic rings. The van der Waals surface area contributed by atoms with Crippen molar-refractivity contribution in [3.8, 4) is 0 Å². The number of benzene rings is 1. The van der Waals surface area contributed by atoms with E-state index in [2.05, 4.69) is 43.6 Å². The number of nitrogens with zero attached hydrogens (tertiary/aromatic N) is 3. The number of aryl methyl sites for hydroxylation is 1. The molecule has 0 saturated carbocycles. The Hall–Kier alpha value is -0.580. The number of halogens is 2. The maximum absolute atomic E-state index is 6.01. The predicted octanol–water partition coefficient (Wildman–Crippen LogP) is 3.99. The third-order valence-corrected chi connectivity index (χ3v) is 5.63. The second-order valence-corrected chi connectivity index (χ2v) is 7.37. The molecular weight excluding hydrogens is 350 g/mol. The van der Waals surface area contributed by atoms with Crippen LogP contribution in [0.2, 0.25) is 0 Å². The summed E-state index contributed by atoms with van der Waals surface area (Å²) in [6.45, 7) is 2.49. The van der Waals surface area contributed by atoms with Gasteiger partial charge in [-0.3, -0.25) is 4.90 Å². The molecule has 0 amide bonds. The largest absolute Gasteiger partial charge is 0.323 e. The van der Waals surface area contributed by atoms with Crippen LogP contribution in [0.3, 0.4) is 0 Å². The molecule has 2 aliphatic heterocycles. The van der Waals surface area contributed by atoms with Crippen LogP contribution >= 0.6 is 27.5 Å². The van der Waals surface area contributed by atoms with Crippen LogP contribution in [0.25, 0.3) is 11.0 Å². The normalized spacial score (nSPS) is 25.8. The molecule has 112 valence electrons. The Morgan fingerprint density at radius 1 is 1.24 bits per heavy atom. The Kier molecular flexibility index (Phi) is 3.72. The minimum atomic E-state index is 0.560. The molecule has 0 radical (unpaired) electrons. The highest BCUT2D eigenvalue weighted by Gasteiger charge is 2.39. The zero-order chi connectivity index (χ0) is 14.4. The standard InChI is InChI=1S/C16H19BrClN3/c17-11-3-4-12-15(10-11)21(16(19-12)5-7-18)14-6-9-20-8-1-2-13(14)20/h3-4,10,13-14H,1-2,5-9H2. The van der Waals surface area contributed by atoms with Crippen LogP contribution in [0.15, 0.2) is 22.7 Å². The van der Waals surface area contributed by atoms with Crippen molar-refractivity contribution in [1.29, 1.82) is 0 Å². The van der Waals surface area contributed by atoms with Crippen molar-refractivity contribution in [3.63, 3.8) is 0 Å². The van der Waals surface area contributed by atoms with E-state index in [4.69, 9.17) is 16.6 Å². The Balaban J connectivity index is 1.85. The van der Waals surface area contributed by atoms with E-state index in [9.17, 15) is 0 Å². The summed E-state index contributed by atoms with van der Waals surface area (Å²) in [5.41, 5.74) is 2.35. The van der Waals surface area contributed by atoms with Gasteiger partial charge in [0, 0.05) is 29.4 Å². The topological polar surface area (TPSA) is 21.1 Å². The lowest BCUT2D eigenvalue weighted by atomic mass is 10.1. The van der Waals surface area contributed by atoms with E-state index < -0.39 is 0 Å². The number of fused-ring (bicyclic) bond motifs is 2. The van der Waals surface area contributed by atoms with Gasteiger partial charge in [-0.25, -0.2) is 4.98 Å². The third kappa shape index (κ3) is 2.32. The van der Waals surface area contributed by atoms with Crippen LogP contribution in [0.1, 0.15) is 31.1 Å². The van der Waals surface area contributed by atoms with Gasteiger partial charge in [0.1, 0.15) is 5.82 Å². The van der Waals surface area contributed by atoms with Crippen molar-refractivity contribution in [3.05, 3.63) is 28.5 Å². The number of alkyl halides is 1. The van der Waals surface area contributed by atoms with Gasteiger partial charge in [0.15, 0.2) is 0 Å². The quantitative estimate of drug-likeness (QED) is 0.764. The molecule has 0 aliphatic carbocycles. The average Bonchev–Trinajstić information content (AvgIpc) is 3.13. The molecule has 2 unspecified atom stereocenters. The Morgan fingerprint density at radius 2 is 2.14 bits per heavy atom. The lowest BCUT2D eigenvalue weighted by Gasteiger charge is -2.24. The first-order valence-corrected chi connectivity index (χ1v) is 9.07. The van der Waals surface area contributed by atoms with Crippen molar-refractivity contribution in [2.24, 2.45) is 0 Å². The van der Waals surface area contributed by atoms with Crippen LogP contribution in [-0.2, 0) is 6.42 Å². The zero-order valence-electron chi connectivity index (χ0n) is 11.9. The summed E-state index contributed by atoms with van der Waals surface area (Å²) < 4.78 is 3.60. The number of imidazole rings is 1. The van der Waals surface area contributed by atoms with Gasteiger partial charge < -0.3 is 4.57 Å². The van der Waals surface area contributed by atoms with Gasteiger partial charge in [-0.2, -0.15) is 0 Å². The number of aromatic nitrogens is 2. The van der Waals surface area contributed by atoms with E-state index in [0.29, 0.717) is 18.0 Å². The fourth-order valence-electron chi connectivity index (χ4n) is 4.10. The van der Waals surface area contributed by atoms with Gasteiger partial charge in [-0.05, 0) is 44.0 Å². The first-order chi connectivity index (χ1) is 10.3. The summed E-state index contributed by atoms with van der Waals surface area (Å²) in [4.78, 5) is 7.49. The van der Waals surface area contributed by atoms with E-state index in [-0.39, 0.29) is 0 Å². The SMILES string of the molecule is ClCCc1nc2ccc(Br)cc2n1C1CCN2CCCC12. The fraction of sp³-hybridized carbons (Fsp3) is 0.562. The second kappa shape index (κ2) is 5.56. The number of hydrogen-bond donors (Lipinski definition) is 0. The van der Waals surface area contributed by atoms with Crippen molar-refractivity contribution < 1.29 is 0 Å². The molecule has 0 N–H and O–H groups in total. The van der Waals surface area contributed by atoms with E-state index in [0.717, 1.165) is 22.2 Å². The highest BCUT2D eigenvalue weighted by Crippen LogP contribution is 2.39. The lowest BCUT2D eigenvalue weighted by Crippen LogP contribution is -2.28. The molecule has 0 spiro atoms. The monoisotopic (exact) mass is 367 g/mol. The molecule has 3 heterocycles. The van der Waals surface area contributed by atoms with Crippen LogP contribution in [-0.4, -0.2) is 39.5 Å². The molecule has 3 nitrogen and oxygen atoms in total. The highest BCUT2D eigenvalue weighted by molar-refractivity contribution is 9.10. The van der Waals surface area contributed by atoms with Gasteiger partial charge in [0.2, 0.25) is 0 Å². The Bertz CT molecular complexity index is 669. The van der Waals surface area contributed by atoms with Crippen LogP contribution in [0.5, 0.6) is 0 Å². The molecule has 0 bridgehead atoms. The zero-order valence-corrected chi connectivity index (χ0v) is 14.3. The smallest absolute Gasteiger partial charge is 0.111 e. The highest BCUT2D eigenvalue weighted by atomic mass is 79.9. The molecule has 2 atom stereocenters. The molecular formula is C16H19BrClN3.